The molecule has 0 spiro atoms. The molecule has 1 amide bonds. The summed E-state index contributed by atoms with van der Waals surface area (Å²) in [6.45, 7) is 2.19. The van der Waals surface area contributed by atoms with E-state index in [2.05, 4.69) is 20.7 Å². The van der Waals surface area contributed by atoms with Crippen molar-refractivity contribution in [3.05, 3.63) is 58.1 Å². The van der Waals surface area contributed by atoms with Crippen molar-refractivity contribution in [2.45, 2.75) is 13.3 Å². The van der Waals surface area contributed by atoms with E-state index in [0.717, 1.165) is 22.1 Å². The van der Waals surface area contributed by atoms with Crippen LogP contribution < -0.4 is 9.62 Å². The van der Waals surface area contributed by atoms with Crippen LogP contribution >= 0.6 is 15.9 Å². The van der Waals surface area contributed by atoms with E-state index in [-0.39, 0.29) is 11.7 Å². The van der Waals surface area contributed by atoms with Crippen molar-refractivity contribution in [3.63, 3.8) is 0 Å². The van der Waals surface area contributed by atoms with Crippen LogP contribution in [0.25, 0.3) is 0 Å². The molecule has 2 aromatic carbocycles. The van der Waals surface area contributed by atoms with Crippen molar-refractivity contribution in [1.29, 1.82) is 0 Å². The summed E-state index contributed by atoms with van der Waals surface area (Å²) in [4.78, 5) is 14.6. The average molecular weight is 409 g/mol. The Labute approximate surface area is 149 Å². The van der Waals surface area contributed by atoms with Crippen molar-refractivity contribution in [1.82, 2.24) is 0 Å². The van der Waals surface area contributed by atoms with Crippen molar-refractivity contribution in [3.8, 4) is 0 Å². The molecule has 1 aliphatic rings. The Balaban J connectivity index is 1.87. The average Bonchev–Trinajstić information content (AvgIpc) is 2.97. The molecule has 0 bridgehead atoms. The number of sulfonamides is 1. The second-order valence-electron chi connectivity index (χ2n) is 5.57. The Kier molecular flexibility index (Phi) is 4.64. The first kappa shape index (κ1) is 17.0. The van der Waals surface area contributed by atoms with Gasteiger partial charge in [0.05, 0.1) is 5.75 Å². The maximum Gasteiger partial charge on any atom is 0.258 e. The molecule has 0 aliphatic carbocycles. The molecule has 1 heterocycles. The third-order valence-corrected chi connectivity index (χ3v) is 5.75. The summed E-state index contributed by atoms with van der Waals surface area (Å²) >= 11 is 3.44. The molecule has 24 heavy (non-hydrogen) atoms. The normalized spacial score (nSPS) is 13.7. The predicted octanol–water partition coefficient (Wildman–Crippen LogP) is 3.41. The first-order chi connectivity index (χ1) is 11.4. The zero-order chi connectivity index (χ0) is 17.3. The fourth-order valence-corrected chi connectivity index (χ4v) is 3.74. The number of benzene rings is 2. The quantitative estimate of drug-likeness (QED) is 0.842. The number of hydrogen-bond acceptors (Lipinski definition) is 3. The molecule has 5 nitrogen and oxygen atoms in total. The summed E-state index contributed by atoms with van der Waals surface area (Å²) in [5, 5.41) is 0. The highest BCUT2D eigenvalue weighted by atomic mass is 79.9. The third kappa shape index (κ3) is 3.47. The standard InChI is InChI=1S/C17H17BrN2O3S/c1-2-24(22,23)19-15-5-3-4-13(11-15)17(21)20-9-8-12-10-14(18)6-7-16(12)20/h3-7,10-11,19H,2,8-9H2,1H3. The van der Waals surface area contributed by atoms with Gasteiger partial charge in [-0.2, -0.15) is 0 Å². The number of rotatable bonds is 4. The Bertz CT molecular complexity index is 896. The molecule has 0 fully saturated rings. The fraction of sp³-hybridized carbons (Fsp3) is 0.235. The minimum absolute atomic E-state index is 0.0143. The van der Waals surface area contributed by atoms with Crippen molar-refractivity contribution in [2.24, 2.45) is 0 Å². The molecule has 3 rings (SSSR count). The first-order valence-corrected chi connectivity index (χ1v) is 10.0. The largest absolute Gasteiger partial charge is 0.308 e. The van der Waals surface area contributed by atoms with E-state index in [0.29, 0.717) is 17.8 Å². The van der Waals surface area contributed by atoms with Gasteiger partial charge in [-0.3, -0.25) is 9.52 Å². The summed E-state index contributed by atoms with van der Waals surface area (Å²) in [6, 6.07) is 12.5. The number of anilines is 2. The summed E-state index contributed by atoms with van der Waals surface area (Å²) in [6.07, 6.45) is 0.808. The van der Waals surface area contributed by atoms with Gasteiger partial charge in [0.2, 0.25) is 10.0 Å². The SMILES string of the molecule is CCS(=O)(=O)Nc1cccc(C(=O)N2CCc3cc(Br)ccc32)c1. The van der Waals surface area contributed by atoms with Gasteiger partial charge >= 0.3 is 0 Å². The van der Waals surface area contributed by atoms with E-state index >= 15 is 0 Å². The Morgan fingerprint density at radius 2 is 2.04 bits per heavy atom. The van der Waals surface area contributed by atoms with Crippen LogP contribution in [0.1, 0.15) is 22.8 Å². The minimum Gasteiger partial charge on any atom is -0.308 e. The monoisotopic (exact) mass is 408 g/mol. The summed E-state index contributed by atoms with van der Waals surface area (Å²) in [5.74, 6) is -0.145. The van der Waals surface area contributed by atoms with Gasteiger partial charge in [-0.15, -0.1) is 0 Å². The van der Waals surface area contributed by atoms with Crippen LogP contribution in [0.15, 0.2) is 46.9 Å². The molecule has 7 heteroatoms. The van der Waals surface area contributed by atoms with E-state index in [4.69, 9.17) is 0 Å². The van der Waals surface area contributed by atoms with Crippen LogP contribution in [0, 0.1) is 0 Å². The highest BCUT2D eigenvalue weighted by molar-refractivity contribution is 9.10. The molecule has 0 unspecified atom stereocenters. The Morgan fingerprint density at radius 1 is 1.25 bits per heavy atom. The second-order valence-corrected chi connectivity index (χ2v) is 8.49. The molecule has 126 valence electrons. The van der Waals surface area contributed by atoms with Gasteiger partial charge in [-0.25, -0.2) is 8.42 Å². The smallest absolute Gasteiger partial charge is 0.258 e. The van der Waals surface area contributed by atoms with Crippen molar-refractivity contribution >= 4 is 43.2 Å². The molecule has 0 aromatic heterocycles. The van der Waals surface area contributed by atoms with Gasteiger partial charge in [0.1, 0.15) is 0 Å². The van der Waals surface area contributed by atoms with Crippen LogP contribution in [0.2, 0.25) is 0 Å². The lowest BCUT2D eigenvalue weighted by Gasteiger charge is -2.18. The van der Waals surface area contributed by atoms with Gasteiger partial charge in [-0.1, -0.05) is 22.0 Å². The zero-order valence-electron chi connectivity index (χ0n) is 13.1. The maximum absolute atomic E-state index is 12.8. The Hall–Kier alpha value is -1.86. The molecule has 0 radical (unpaired) electrons. The van der Waals surface area contributed by atoms with Gasteiger partial charge in [0.25, 0.3) is 5.91 Å². The van der Waals surface area contributed by atoms with E-state index in [1.54, 1.807) is 36.1 Å². The summed E-state index contributed by atoms with van der Waals surface area (Å²) in [7, 11) is -3.37. The number of carbonyl (C=O) groups excluding carboxylic acids is 1. The van der Waals surface area contributed by atoms with Gasteiger partial charge < -0.3 is 4.90 Å². The number of fused-ring (bicyclic) bond motifs is 1. The molecular formula is C17H17BrN2O3S. The lowest BCUT2D eigenvalue weighted by molar-refractivity contribution is 0.0989. The highest BCUT2D eigenvalue weighted by Crippen LogP contribution is 2.31. The minimum atomic E-state index is -3.37. The number of amides is 1. The molecular weight excluding hydrogens is 392 g/mol. The second kappa shape index (κ2) is 6.57. The highest BCUT2D eigenvalue weighted by Gasteiger charge is 2.25. The van der Waals surface area contributed by atoms with E-state index < -0.39 is 10.0 Å². The lowest BCUT2D eigenvalue weighted by atomic mass is 10.1. The van der Waals surface area contributed by atoms with E-state index in [9.17, 15) is 13.2 Å². The molecule has 0 saturated carbocycles. The number of nitrogens with one attached hydrogen (secondary N) is 1. The third-order valence-electron chi connectivity index (χ3n) is 3.95. The van der Waals surface area contributed by atoms with Crippen LogP contribution in [0.5, 0.6) is 0 Å². The maximum atomic E-state index is 12.8. The number of halogens is 1. The van der Waals surface area contributed by atoms with E-state index in [1.807, 2.05) is 18.2 Å². The van der Waals surface area contributed by atoms with Gasteiger partial charge in [0.15, 0.2) is 0 Å². The van der Waals surface area contributed by atoms with Crippen molar-refractivity contribution in [2.75, 3.05) is 21.9 Å². The lowest BCUT2D eigenvalue weighted by Crippen LogP contribution is -2.29. The topological polar surface area (TPSA) is 66.5 Å². The fourth-order valence-electron chi connectivity index (χ4n) is 2.70. The van der Waals surface area contributed by atoms with Gasteiger partial charge in [0, 0.05) is 28.0 Å². The van der Waals surface area contributed by atoms with Crippen molar-refractivity contribution < 1.29 is 13.2 Å². The molecule has 1 N–H and O–H groups in total. The molecule has 1 aliphatic heterocycles. The number of hydrogen-bond donors (Lipinski definition) is 1. The molecule has 0 atom stereocenters. The van der Waals surface area contributed by atoms with Crippen LogP contribution in [0.4, 0.5) is 11.4 Å². The zero-order valence-corrected chi connectivity index (χ0v) is 15.5. The Morgan fingerprint density at radius 3 is 2.79 bits per heavy atom. The number of nitrogens with zero attached hydrogens (tertiary/aromatic N) is 1. The van der Waals surface area contributed by atoms with Gasteiger partial charge in [-0.05, 0) is 55.3 Å². The summed E-state index contributed by atoms with van der Waals surface area (Å²) < 4.78 is 26.8. The van der Waals surface area contributed by atoms with Crippen LogP contribution in [-0.4, -0.2) is 26.6 Å². The summed E-state index contributed by atoms with van der Waals surface area (Å²) in [5.41, 5.74) is 2.89. The number of carbonyl (C=O) groups is 1. The van der Waals surface area contributed by atoms with Crippen LogP contribution in [-0.2, 0) is 16.4 Å². The molecule has 2 aromatic rings. The van der Waals surface area contributed by atoms with Crippen LogP contribution in [0.3, 0.4) is 0 Å². The first-order valence-electron chi connectivity index (χ1n) is 7.60. The molecule has 0 saturated heterocycles. The van der Waals surface area contributed by atoms with E-state index in [1.165, 1.54) is 0 Å². The predicted molar refractivity (Wildman–Crippen MR) is 99.0 cm³/mol.